The van der Waals surface area contributed by atoms with Gasteiger partial charge in [-0.2, -0.15) is 0 Å². The van der Waals surface area contributed by atoms with Crippen molar-refractivity contribution in [2.75, 3.05) is 18.5 Å². The third kappa shape index (κ3) is 2.48. The van der Waals surface area contributed by atoms with Gasteiger partial charge in [0.15, 0.2) is 0 Å². The molecule has 3 heteroatoms. The first-order chi connectivity index (χ1) is 9.01. The highest BCUT2D eigenvalue weighted by molar-refractivity contribution is 5.49. The average molecular weight is 264 g/mol. The van der Waals surface area contributed by atoms with Gasteiger partial charge < -0.3 is 10.6 Å². The molecule has 3 atom stereocenters. The molecule has 0 spiro atoms. The van der Waals surface area contributed by atoms with E-state index < -0.39 is 0 Å². The molecule has 3 unspecified atom stereocenters. The lowest BCUT2D eigenvalue weighted by Crippen LogP contribution is -2.60. The van der Waals surface area contributed by atoms with E-state index in [0.717, 1.165) is 12.1 Å². The molecule has 1 aromatic rings. The second-order valence-electron chi connectivity index (χ2n) is 6.00. The summed E-state index contributed by atoms with van der Waals surface area (Å²) in [4.78, 5) is 2.27. The van der Waals surface area contributed by atoms with Gasteiger partial charge in [-0.25, -0.2) is 4.39 Å². The van der Waals surface area contributed by atoms with Crippen molar-refractivity contribution in [3.05, 3.63) is 30.1 Å². The van der Waals surface area contributed by atoms with E-state index in [1.807, 2.05) is 12.1 Å². The number of likely N-dealkylation sites (N-methyl/N-ethyl adjacent to an activating group) is 1. The fraction of sp³-hybridized carbons (Fsp3) is 0.625. The molecule has 0 amide bonds. The van der Waals surface area contributed by atoms with Gasteiger partial charge in [-0.3, -0.25) is 0 Å². The van der Waals surface area contributed by atoms with Crippen LogP contribution in [0.15, 0.2) is 24.3 Å². The number of halogens is 1. The van der Waals surface area contributed by atoms with Gasteiger partial charge in [0.2, 0.25) is 0 Å². The molecule has 1 aliphatic rings. The van der Waals surface area contributed by atoms with Crippen LogP contribution >= 0.6 is 0 Å². The standard InChI is InChI=1S/C16H25FN2/c1-12-5-4-10-16(11-18,13(12)2)19(3)15-8-6-14(17)7-9-15/h6-9,12-13H,4-5,10-11,18H2,1-3H3. The Balaban J connectivity index is 2.32. The number of benzene rings is 1. The van der Waals surface area contributed by atoms with Gasteiger partial charge >= 0.3 is 0 Å². The van der Waals surface area contributed by atoms with E-state index in [4.69, 9.17) is 5.73 Å². The molecular formula is C16H25FN2. The molecule has 2 rings (SSSR count). The summed E-state index contributed by atoms with van der Waals surface area (Å²) in [7, 11) is 2.09. The lowest BCUT2D eigenvalue weighted by atomic mass is 9.67. The minimum atomic E-state index is -0.191. The summed E-state index contributed by atoms with van der Waals surface area (Å²) in [5.41, 5.74) is 7.19. The summed E-state index contributed by atoms with van der Waals surface area (Å²) in [5.74, 6) is 1.03. The maximum absolute atomic E-state index is 13.1. The average Bonchev–Trinajstić information content (AvgIpc) is 2.42. The number of hydrogen-bond donors (Lipinski definition) is 1. The van der Waals surface area contributed by atoms with Gasteiger partial charge in [0, 0.05) is 19.3 Å². The van der Waals surface area contributed by atoms with Gasteiger partial charge in [-0.15, -0.1) is 0 Å². The van der Waals surface area contributed by atoms with Crippen LogP contribution in [0, 0.1) is 17.7 Å². The maximum Gasteiger partial charge on any atom is 0.123 e. The zero-order valence-electron chi connectivity index (χ0n) is 12.2. The lowest BCUT2D eigenvalue weighted by molar-refractivity contribution is 0.144. The minimum absolute atomic E-state index is 0.00447. The van der Waals surface area contributed by atoms with Crippen LogP contribution in [0.25, 0.3) is 0 Å². The molecule has 0 heterocycles. The number of hydrogen-bond acceptors (Lipinski definition) is 2. The van der Waals surface area contributed by atoms with Crippen molar-refractivity contribution in [1.29, 1.82) is 0 Å². The van der Waals surface area contributed by atoms with Crippen molar-refractivity contribution in [2.24, 2.45) is 17.6 Å². The van der Waals surface area contributed by atoms with E-state index in [2.05, 4.69) is 25.8 Å². The lowest BCUT2D eigenvalue weighted by Gasteiger charge is -2.52. The third-order valence-corrected chi connectivity index (χ3v) is 5.21. The number of nitrogens with two attached hydrogens (primary N) is 1. The van der Waals surface area contributed by atoms with Crippen LogP contribution in [0.2, 0.25) is 0 Å². The normalized spacial score (nSPS) is 31.2. The zero-order valence-corrected chi connectivity index (χ0v) is 12.2. The molecule has 2 nitrogen and oxygen atoms in total. The number of anilines is 1. The molecule has 0 radical (unpaired) electrons. The molecule has 19 heavy (non-hydrogen) atoms. The number of nitrogens with zero attached hydrogens (tertiary/aromatic N) is 1. The second-order valence-corrected chi connectivity index (χ2v) is 6.00. The molecule has 0 aliphatic heterocycles. The monoisotopic (exact) mass is 264 g/mol. The number of rotatable bonds is 3. The van der Waals surface area contributed by atoms with Gasteiger partial charge in [-0.1, -0.05) is 26.7 Å². The maximum atomic E-state index is 13.1. The van der Waals surface area contributed by atoms with E-state index in [0.29, 0.717) is 18.4 Å². The third-order valence-electron chi connectivity index (χ3n) is 5.21. The van der Waals surface area contributed by atoms with Crippen LogP contribution in [-0.4, -0.2) is 19.1 Å². The Morgan fingerprint density at radius 2 is 1.95 bits per heavy atom. The van der Waals surface area contributed by atoms with Crippen LogP contribution in [0.4, 0.5) is 10.1 Å². The van der Waals surface area contributed by atoms with E-state index in [1.54, 1.807) is 0 Å². The quantitative estimate of drug-likeness (QED) is 0.906. The van der Waals surface area contributed by atoms with Crippen molar-refractivity contribution in [2.45, 2.75) is 38.6 Å². The summed E-state index contributed by atoms with van der Waals surface area (Å²) in [6.45, 7) is 5.26. The first kappa shape index (κ1) is 14.3. The molecule has 0 saturated heterocycles. The minimum Gasteiger partial charge on any atom is -0.367 e. The van der Waals surface area contributed by atoms with Gasteiger partial charge in [-0.05, 0) is 42.5 Å². The topological polar surface area (TPSA) is 29.3 Å². The summed E-state index contributed by atoms with van der Waals surface area (Å²) in [5, 5.41) is 0. The molecule has 0 bridgehead atoms. The molecule has 0 aromatic heterocycles. The largest absolute Gasteiger partial charge is 0.367 e. The molecule has 2 N–H and O–H groups in total. The van der Waals surface area contributed by atoms with Gasteiger partial charge in [0.1, 0.15) is 5.82 Å². The Hall–Kier alpha value is -1.09. The van der Waals surface area contributed by atoms with Crippen molar-refractivity contribution < 1.29 is 4.39 Å². The highest BCUT2D eigenvalue weighted by Crippen LogP contribution is 2.42. The van der Waals surface area contributed by atoms with Crippen LogP contribution in [-0.2, 0) is 0 Å². The van der Waals surface area contributed by atoms with Crippen molar-refractivity contribution in [3.8, 4) is 0 Å². The molecule has 1 aromatic carbocycles. The zero-order chi connectivity index (χ0) is 14.0. The summed E-state index contributed by atoms with van der Waals surface area (Å²) >= 11 is 0. The second kappa shape index (κ2) is 5.49. The summed E-state index contributed by atoms with van der Waals surface area (Å²) < 4.78 is 13.1. The highest BCUT2D eigenvalue weighted by Gasteiger charge is 2.43. The molecular weight excluding hydrogens is 239 g/mol. The molecule has 106 valence electrons. The molecule has 1 saturated carbocycles. The van der Waals surface area contributed by atoms with Gasteiger partial charge in [0.25, 0.3) is 0 Å². The Morgan fingerprint density at radius 3 is 2.53 bits per heavy atom. The Bertz CT molecular complexity index is 417. The van der Waals surface area contributed by atoms with Crippen molar-refractivity contribution in [1.82, 2.24) is 0 Å². The fourth-order valence-electron chi connectivity index (χ4n) is 3.56. The Kier molecular flexibility index (Phi) is 4.14. The van der Waals surface area contributed by atoms with Crippen LogP contribution in [0.1, 0.15) is 33.1 Å². The Labute approximate surface area is 115 Å². The first-order valence-corrected chi connectivity index (χ1v) is 7.21. The van der Waals surface area contributed by atoms with Gasteiger partial charge in [0.05, 0.1) is 5.54 Å². The molecule has 1 fully saturated rings. The Morgan fingerprint density at radius 1 is 1.32 bits per heavy atom. The van der Waals surface area contributed by atoms with Crippen molar-refractivity contribution in [3.63, 3.8) is 0 Å². The highest BCUT2D eigenvalue weighted by atomic mass is 19.1. The summed E-state index contributed by atoms with van der Waals surface area (Å²) in [6, 6.07) is 6.73. The van der Waals surface area contributed by atoms with Crippen molar-refractivity contribution >= 4 is 5.69 Å². The predicted octanol–water partition coefficient (Wildman–Crippen LogP) is 3.42. The predicted molar refractivity (Wildman–Crippen MR) is 78.8 cm³/mol. The van der Waals surface area contributed by atoms with E-state index in [1.165, 1.54) is 25.0 Å². The molecule has 1 aliphatic carbocycles. The smallest absolute Gasteiger partial charge is 0.123 e. The first-order valence-electron chi connectivity index (χ1n) is 7.21. The summed E-state index contributed by atoms with van der Waals surface area (Å²) in [6.07, 6.45) is 3.61. The van der Waals surface area contributed by atoms with Crippen LogP contribution in [0.5, 0.6) is 0 Å². The van der Waals surface area contributed by atoms with E-state index in [-0.39, 0.29) is 11.4 Å². The SMILES string of the molecule is CC1CCCC(CN)(N(C)c2ccc(F)cc2)C1C. The van der Waals surface area contributed by atoms with Crippen LogP contribution < -0.4 is 10.6 Å². The van der Waals surface area contributed by atoms with E-state index >= 15 is 0 Å². The van der Waals surface area contributed by atoms with Crippen LogP contribution in [0.3, 0.4) is 0 Å². The van der Waals surface area contributed by atoms with E-state index in [9.17, 15) is 4.39 Å². The fourth-order valence-corrected chi connectivity index (χ4v) is 3.56.